The Hall–Kier alpha value is -1.52. The third-order valence-electron chi connectivity index (χ3n) is 7.57. The van der Waals surface area contributed by atoms with E-state index in [1.165, 1.54) is 38.5 Å². The average molecular weight is 724 g/mol. The second-order valence-electron chi connectivity index (χ2n) is 10.5. The highest BCUT2D eigenvalue weighted by Crippen LogP contribution is 2.40. The van der Waals surface area contributed by atoms with Gasteiger partial charge in [-0.05, 0) is 108 Å². The first-order valence-electron chi connectivity index (χ1n) is 14.2. The Morgan fingerprint density at radius 2 is 1.72 bits per heavy atom. The number of aliphatic imine (C=N–C) groups is 1. The molecule has 208 valence electrons. The molecule has 1 heterocycles. The number of amides is 1. The zero-order valence-electron chi connectivity index (χ0n) is 22.5. The fourth-order valence-corrected chi connectivity index (χ4v) is 7.72. The monoisotopic (exact) mass is 722 g/mol. The van der Waals surface area contributed by atoms with Crippen LogP contribution in [0.3, 0.4) is 0 Å². The van der Waals surface area contributed by atoms with Crippen molar-refractivity contribution in [2.24, 2.45) is 4.99 Å². The maximum atomic E-state index is 13.8. The van der Waals surface area contributed by atoms with Gasteiger partial charge in [-0.2, -0.15) is 0 Å². The topological polar surface area (TPSA) is 51.1 Å². The number of rotatable bonds is 8. The van der Waals surface area contributed by atoms with Gasteiger partial charge in [-0.15, -0.1) is 0 Å². The van der Waals surface area contributed by atoms with E-state index in [1.807, 2.05) is 48.2 Å². The standard InChI is InChI=1S/C31H36BrIN2O3S/c1-2-37-27-18-22(17-26(33)29(27)38-20-21-13-15-23(32)16-14-21)19-28-30(36)35(25-11-7-4-8-12-25)31(39-28)34-24-9-5-3-6-10-24/h13-19,24-25H,2-12,20H2,1H3. The summed E-state index contributed by atoms with van der Waals surface area (Å²) in [6.45, 7) is 2.96. The van der Waals surface area contributed by atoms with Gasteiger partial charge in [-0.25, -0.2) is 0 Å². The number of halogens is 2. The fourth-order valence-electron chi connectivity index (χ4n) is 5.57. The summed E-state index contributed by atoms with van der Waals surface area (Å²) in [6.07, 6.45) is 13.8. The molecule has 39 heavy (non-hydrogen) atoms. The lowest BCUT2D eigenvalue weighted by molar-refractivity contribution is -0.124. The molecule has 0 bridgehead atoms. The molecule has 2 aromatic rings. The number of carbonyl (C=O) groups is 1. The van der Waals surface area contributed by atoms with Crippen LogP contribution in [0, 0.1) is 3.57 Å². The summed E-state index contributed by atoms with van der Waals surface area (Å²) < 4.78 is 14.2. The van der Waals surface area contributed by atoms with Crippen LogP contribution in [0.1, 0.15) is 82.3 Å². The predicted molar refractivity (Wildman–Crippen MR) is 172 cm³/mol. The molecule has 2 saturated carbocycles. The summed E-state index contributed by atoms with van der Waals surface area (Å²) in [5.74, 6) is 1.53. The second-order valence-corrected chi connectivity index (χ2v) is 13.5. The smallest absolute Gasteiger partial charge is 0.266 e. The van der Waals surface area contributed by atoms with Gasteiger partial charge in [-0.3, -0.25) is 14.7 Å². The molecule has 0 aromatic heterocycles. The Kier molecular flexibility index (Phi) is 10.3. The summed E-state index contributed by atoms with van der Waals surface area (Å²) in [5.41, 5.74) is 2.03. The summed E-state index contributed by atoms with van der Waals surface area (Å²) in [5, 5.41) is 0.916. The van der Waals surface area contributed by atoms with Crippen LogP contribution in [-0.4, -0.2) is 34.7 Å². The molecule has 1 amide bonds. The van der Waals surface area contributed by atoms with E-state index >= 15 is 0 Å². The molecule has 5 rings (SSSR count). The van der Waals surface area contributed by atoms with Crippen molar-refractivity contribution in [3.63, 3.8) is 0 Å². The fraction of sp³-hybridized carbons (Fsp3) is 0.484. The third kappa shape index (κ3) is 7.41. The second kappa shape index (κ2) is 13.9. The number of ether oxygens (including phenoxy) is 2. The maximum Gasteiger partial charge on any atom is 0.266 e. The van der Waals surface area contributed by atoms with Crippen molar-refractivity contribution in [1.29, 1.82) is 0 Å². The molecule has 2 aliphatic carbocycles. The van der Waals surface area contributed by atoms with E-state index in [9.17, 15) is 4.79 Å². The Labute approximate surface area is 258 Å². The number of hydrogen-bond acceptors (Lipinski definition) is 5. The first-order chi connectivity index (χ1) is 19.0. The summed E-state index contributed by atoms with van der Waals surface area (Å²) in [7, 11) is 0. The molecule has 0 unspecified atom stereocenters. The van der Waals surface area contributed by atoms with Crippen molar-refractivity contribution in [2.75, 3.05) is 6.61 Å². The zero-order chi connectivity index (χ0) is 27.2. The lowest BCUT2D eigenvalue weighted by Crippen LogP contribution is -2.41. The Balaban J connectivity index is 1.41. The molecule has 0 radical (unpaired) electrons. The number of carbonyl (C=O) groups excluding carboxylic acids is 1. The normalized spacial score (nSPS) is 21.2. The van der Waals surface area contributed by atoms with E-state index in [0.29, 0.717) is 25.0 Å². The van der Waals surface area contributed by atoms with E-state index in [0.717, 1.165) is 60.7 Å². The van der Waals surface area contributed by atoms with Crippen LogP contribution in [0.15, 0.2) is 50.8 Å². The summed E-state index contributed by atoms with van der Waals surface area (Å²) in [6, 6.07) is 12.8. The van der Waals surface area contributed by atoms with E-state index < -0.39 is 0 Å². The molecule has 5 nitrogen and oxygen atoms in total. The molecule has 3 fully saturated rings. The Morgan fingerprint density at radius 3 is 2.41 bits per heavy atom. The minimum Gasteiger partial charge on any atom is -0.490 e. The molecule has 2 aromatic carbocycles. The SMILES string of the molecule is CCOc1cc(C=C2SC(=NC3CCCCC3)N(C3CCCCC3)C2=O)cc(I)c1OCc1ccc(Br)cc1. The summed E-state index contributed by atoms with van der Waals surface area (Å²) >= 11 is 7.34. The van der Waals surface area contributed by atoms with Crippen LogP contribution in [0.25, 0.3) is 6.08 Å². The number of benzene rings is 2. The van der Waals surface area contributed by atoms with Crippen molar-refractivity contribution in [2.45, 2.75) is 89.8 Å². The van der Waals surface area contributed by atoms with Crippen LogP contribution >= 0.6 is 50.3 Å². The zero-order valence-corrected chi connectivity index (χ0v) is 27.0. The minimum absolute atomic E-state index is 0.102. The molecular weight excluding hydrogens is 687 g/mol. The molecule has 0 N–H and O–H groups in total. The van der Waals surface area contributed by atoms with Crippen LogP contribution in [0.5, 0.6) is 11.5 Å². The lowest BCUT2D eigenvalue weighted by atomic mass is 9.94. The van der Waals surface area contributed by atoms with Crippen LogP contribution in [0.2, 0.25) is 0 Å². The predicted octanol–water partition coefficient (Wildman–Crippen LogP) is 8.97. The minimum atomic E-state index is 0.102. The summed E-state index contributed by atoms with van der Waals surface area (Å²) in [4.78, 5) is 21.8. The highest BCUT2D eigenvalue weighted by atomic mass is 127. The molecule has 0 spiro atoms. The van der Waals surface area contributed by atoms with Crippen molar-refractivity contribution in [1.82, 2.24) is 4.90 Å². The van der Waals surface area contributed by atoms with Gasteiger partial charge in [0.25, 0.3) is 5.91 Å². The quantitative estimate of drug-likeness (QED) is 0.202. The van der Waals surface area contributed by atoms with Gasteiger partial charge in [0.1, 0.15) is 6.61 Å². The van der Waals surface area contributed by atoms with Gasteiger partial charge in [0.05, 0.1) is 21.1 Å². The first-order valence-corrected chi connectivity index (χ1v) is 16.8. The molecule has 8 heteroatoms. The first kappa shape index (κ1) is 29.0. The lowest BCUT2D eigenvalue weighted by Gasteiger charge is -2.31. The number of nitrogens with zero attached hydrogens (tertiary/aromatic N) is 2. The maximum absolute atomic E-state index is 13.8. The Bertz CT molecular complexity index is 1220. The van der Waals surface area contributed by atoms with E-state index in [-0.39, 0.29) is 11.9 Å². The van der Waals surface area contributed by atoms with Crippen LogP contribution < -0.4 is 9.47 Å². The molecular formula is C31H36BrIN2O3S. The molecule has 1 saturated heterocycles. The number of amidine groups is 1. The van der Waals surface area contributed by atoms with Gasteiger partial charge in [0, 0.05) is 10.5 Å². The van der Waals surface area contributed by atoms with E-state index in [4.69, 9.17) is 14.5 Å². The van der Waals surface area contributed by atoms with Gasteiger partial charge >= 0.3 is 0 Å². The molecule has 3 aliphatic rings. The highest BCUT2D eigenvalue weighted by Gasteiger charge is 2.39. The molecule has 1 aliphatic heterocycles. The van der Waals surface area contributed by atoms with Gasteiger partial charge < -0.3 is 9.47 Å². The van der Waals surface area contributed by atoms with E-state index in [2.05, 4.69) is 44.6 Å². The van der Waals surface area contributed by atoms with Crippen molar-refractivity contribution < 1.29 is 14.3 Å². The molecule has 0 atom stereocenters. The van der Waals surface area contributed by atoms with Gasteiger partial charge in [-0.1, -0.05) is 66.6 Å². The Morgan fingerprint density at radius 1 is 1.03 bits per heavy atom. The van der Waals surface area contributed by atoms with Crippen molar-refractivity contribution in [3.05, 3.63) is 60.5 Å². The van der Waals surface area contributed by atoms with Crippen molar-refractivity contribution >= 4 is 67.4 Å². The van der Waals surface area contributed by atoms with Crippen LogP contribution in [0.4, 0.5) is 0 Å². The van der Waals surface area contributed by atoms with E-state index in [1.54, 1.807) is 11.8 Å². The highest BCUT2D eigenvalue weighted by molar-refractivity contribution is 14.1. The number of hydrogen-bond donors (Lipinski definition) is 0. The average Bonchev–Trinajstić information content (AvgIpc) is 3.24. The van der Waals surface area contributed by atoms with Crippen molar-refractivity contribution in [3.8, 4) is 11.5 Å². The third-order valence-corrected chi connectivity index (χ3v) is 9.90. The van der Waals surface area contributed by atoms with Crippen LogP contribution in [-0.2, 0) is 11.4 Å². The largest absolute Gasteiger partial charge is 0.490 e. The van der Waals surface area contributed by atoms with Gasteiger partial charge in [0.2, 0.25) is 0 Å². The number of thioether (sulfide) groups is 1. The van der Waals surface area contributed by atoms with Gasteiger partial charge in [0.15, 0.2) is 16.7 Å².